The van der Waals surface area contributed by atoms with Crippen LogP contribution < -0.4 is 14.4 Å². The maximum absolute atomic E-state index is 13.5. The highest BCUT2D eigenvalue weighted by Gasteiger charge is 2.55. The predicted octanol–water partition coefficient (Wildman–Crippen LogP) is 4.47. The number of carbonyl (C=O) groups excluding carboxylic acids is 2. The van der Waals surface area contributed by atoms with Gasteiger partial charge in [0.15, 0.2) is 6.10 Å². The highest BCUT2D eigenvalue weighted by molar-refractivity contribution is 7.90. The largest absolute Gasteiger partial charge is 0.490 e. The first-order valence-corrected chi connectivity index (χ1v) is 19.4. The zero-order valence-electron chi connectivity index (χ0n) is 28.4. The van der Waals surface area contributed by atoms with Gasteiger partial charge < -0.3 is 24.4 Å². The molecule has 49 heavy (non-hydrogen) atoms. The van der Waals surface area contributed by atoms with E-state index in [1.807, 2.05) is 12.1 Å². The topological polar surface area (TPSA) is 125 Å². The van der Waals surface area contributed by atoms with Crippen molar-refractivity contribution in [3.8, 4) is 5.75 Å². The number of fused-ring (bicyclic) bond motifs is 4. The van der Waals surface area contributed by atoms with Crippen molar-refractivity contribution in [2.45, 2.75) is 74.7 Å². The van der Waals surface area contributed by atoms with Crippen LogP contribution in [0.5, 0.6) is 5.75 Å². The third-order valence-electron chi connectivity index (χ3n) is 11.9. The zero-order valence-corrected chi connectivity index (χ0v) is 29.9. The van der Waals surface area contributed by atoms with Crippen molar-refractivity contribution in [3.63, 3.8) is 0 Å². The molecule has 0 unspecified atom stereocenters. The first-order chi connectivity index (χ1) is 23.3. The number of halogens is 1. The van der Waals surface area contributed by atoms with Gasteiger partial charge in [0.25, 0.3) is 11.8 Å². The summed E-state index contributed by atoms with van der Waals surface area (Å²) in [4.78, 5) is 30.9. The molecule has 2 amide bonds. The minimum Gasteiger partial charge on any atom is -0.490 e. The van der Waals surface area contributed by atoms with Crippen molar-refractivity contribution >= 4 is 39.1 Å². The number of likely N-dealkylation sites (N-methyl/N-ethyl adjacent to an activating group) is 1. The van der Waals surface area contributed by atoms with E-state index in [1.165, 1.54) is 11.1 Å². The second kappa shape index (κ2) is 12.9. The molecule has 2 bridgehead atoms. The molecule has 3 aliphatic heterocycles. The number of anilines is 1. The molecule has 2 aliphatic carbocycles. The summed E-state index contributed by atoms with van der Waals surface area (Å²) in [6, 6.07) is 11.2. The minimum atomic E-state index is -4.05. The molecule has 0 aromatic heterocycles. The number of nitrogens with one attached hydrogen (secondary N) is 1. The molecule has 7 rings (SSSR count). The number of sulfonamides is 1. The number of benzene rings is 2. The van der Waals surface area contributed by atoms with E-state index in [1.54, 1.807) is 56.1 Å². The maximum Gasteiger partial charge on any atom is 0.264 e. The van der Waals surface area contributed by atoms with Crippen molar-refractivity contribution in [1.82, 2.24) is 9.62 Å². The number of ether oxygens (including phenoxy) is 2. The van der Waals surface area contributed by atoms with Gasteiger partial charge in [-0.1, -0.05) is 36.7 Å². The first-order valence-electron chi connectivity index (χ1n) is 17.4. The Balaban J connectivity index is 1.34. The van der Waals surface area contributed by atoms with Crippen molar-refractivity contribution in [2.75, 3.05) is 44.8 Å². The van der Waals surface area contributed by atoms with Gasteiger partial charge in [0.2, 0.25) is 10.0 Å². The van der Waals surface area contributed by atoms with Gasteiger partial charge in [0.1, 0.15) is 11.4 Å². The van der Waals surface area contributed by atoms with Gasteiger partial charge in [0.05, 0.1) is 24.2 Å². The number of rotatable bonds is 1. The highest BCUT2D eigenvalue weighted by Crippen LogP contribution is 2.49. The SMILES string of the molecule is C[C@@H]1[C@@H](C)C/C=C/[C@@](O)([C@H]2OCCN(C)C2=O)[C@@H]2CC[C@H]2CN2C[C@@]3(CCCc4cc(Cl)ccc43)COc3ccc(cc32)C(=O)NS1(=O)=O. The Morgan fingerprint density at radius 2 is 1.92 bits per heavy atom. The second-order valence-electron chi connectivity index (χ2n) is 14.9. The number of morpholine rings is 1. The van der Waals surface area contributed by atoms with Gasteiger partial charge in [-0.05, 0) is 105 Å². The molecule has 2 aromatic carbocycles. The molecule has 7 atom stereocenters. The summed E-state index contributed by atoms with van der Waals surface area (Å²) < 4.78 is 41.8. The van der Waals surface area contributed by atoms with E-state index in [2.05, 4.69) is 15.7 Å². The Morgan fingerprint density at radius 1 is 1.10 bits per heavy atom. The Hall–Kier alpha value is -3.12. The third-order valence-corrected chi connectivity index (χ3v) is 14.1. The second-order valence-corrected chi connectivity index (χ2v) is 17.4. The van der Waals surface area contributed by atoms with E-state index in [-0.39, 0.29) is 34.6 Å². The molecule has 1 spiro atoms. The molecule has 10 nitrogen and oxygen atoms in total. The molecular weight excluding hydrogens is 666 g/mol. The summed E-state index contributed by atoms with van der Waals surface area (Å²) in [5, 5.41) is 12.4. The lowest BCUT2D eigenvalue weighted by molar-refractivity contribution is -0.185. The van der Waals surface area contributed by atoms with Gasteiger partial charge in [-0.2, -0.15) is 0 Å². The molecule has 3 heterocycles. The van der Waals surface area contributed by atoms with Gasteiger partial charge in [-0.25, -0.2) is 13.1 Å². The number of aryl methyl sites for hydroxylation is 1. The number of allylic oxidation sites excluding steroid dienone is 1. The average molecular weight is 712 g/mol. The first kappa shape index (κ1) is 34.3. The molecule has 2 N–H and O–H groups in total. The Labute approximate surface area is 293 Å². The Morgan fingerprint density at radius 3 is 2.69 bits per heavy atom. The van der Waals surface area contributed by atoms with Gasteiger partial charge >= 0.3 is 0 Å². The number of aliphatic hydroxyl groups is 1. The maximum atomic E-state index is 13.5. The predicted molar refractivity (Wildman–Crippen MR) is 188 cm³/mol. The fourth-order valence-electron chi connectivity index (χ4n) is 8.61. The van der Waals surface area contributed by atoms with Crippen LogP contribution in [0.3, 0.4) is 0 Å². The number of amides is 2. The lowest BCUT2D eigenvalue weighted by Gasteiger charge is -2.51. The van der Waals surface area contributed by atoms with Crippen LogP contribution in [-0.4, -0.2) is 87.1 Å². The average Bonchev–Trinajstić information content (AvgIpc) is 3.20. The highest BCUT2D eigenvalue weighted by atomic mass is 35.5. The number of hydrogen-bond donors (Lipinski definition) is 2. The van der Waals surface area contributed by atoms with E-state index in [0.29, 0.717) is 62.1 Å². The summed E-state index contributed by atoms with van der Waals surface area (Å²) in [6.07, 6.45) is 7.05. The Kier molecular flexibility index (Phi) is 9.03. The van der Waals surface area contributed by atoms with Crippen LogP contribution in [0.4, 0.5) is 5.69 Å². The van der Waals surface area contributed by atoms with E-state index in [0.717, 1.165) is 25.7 Å². The van der Waals surface area contributed by atoms with Crippen molar-refractivity contribution in [2.24, 2.45) is 17.8 Å². The fourth-order valence-corrected chi connectivity index (χ4v) is 10.1. The van der Waals surface area contributed by atoms with E-state index >= 15 is 0 Å². The van der Waals surface area contributed by atoms with E-state index in [9.17, 15) is 23.1 Å². The van der Waals surface area contributed by atoms with Crippen molar-refractivity contribution in [1.29, 1.82) is 0 Å². The number of hydrogen-bond acceptors (Lipinski definition) is 8. The molecule has 1 saturated heterocycles. The molecule has 12 heteroatoms. The monoisotopic (exact) mass is 711 g/mol. The number of nitrogens with zero attached hydrogens (tertiary/aromatic N) is 2. The van der Waals surface area contributed by atoms with Gasteiger partial charge in [-0.15, -0.1) is 0 Å². The van der Waals surface area contributed by atoms with Gasteiger partial charge in [0, 0.05) is 42.7 Å². The summed E-state index contributed by atoms with van der Waals surface area (Å²) in [5.41, 5.74) is 1.36. The van der Waals surface area contributed by atoms with Crippen molar-refractivity contribution in [3.05, 3.63) is 70.3 Å². The van der Waals surface area contributed by atoms with E-state index in [4.69, 9.17) is 21.1 Å². The van der Waals surface area contributed by atoms with Crippen LogP contribution in [0.15, 0.2) is 48.6 Å². The summed E-state index contributed by atoms with van der Waals surface area (Å²) in [5.74, 6) is -1.02. The lowest BCUT2D eigenvalue weighted by atomic mass is 9.62. The number of carbonyl (C=O) groups is 2. The van der Waals surface area contributed by atoms with Gasteiger partial charge in [-0.3, -0.25) is 9.59 Å². The standard InChI is InChI=1S/C37H46ClN3O7S/c1-23-6-4-15-37(44,33-35(43)40(3)16-17-47-33)30-11-8-27(30)20-41-21-36(14-5-7-25-18-28(38)10-12-29(25)36)22-48-32-13-9-26(19-31(32)41)34(42)39-49(45,46)24(23)2/h4,9-10,12-13,15,18-19,23-24,27,30,33,44H,5-8,11,14,16-17,20-22H2,1-3H3,(H,39,42)/b15-4+/t23-,24+,27-,30+,33-,36-,37-/m0/s1. The molecule has 1 saturated carbocycles. The molecule has 2 aromatic rings. The van der Waals surface area contributed by atoms with Crippen LogP contribution in [0.25, 0.3) is 0 Å². The van der Waals surface area contributed by atoms with Crippen LogP contribution in [0.2, 0.25) is 5.02 Å². The smallest absolute Gasteiger partial charge is 0.264 e. The van der Waals surface area contributed by atoms with Crippen LogP contribution >= 0.6 is 11.6 Å². The van der Waals surface area contributed by atoms with Crippen LogP contribution in [0.1, 0.15) is 67.4 Å². The summed E-state index contributed by atoms with van der Waals surface area (Å²) in [7, 11) is -2.32. The normalized spacial score (nSPS) is 35.2. The molecule has 0 radical (unpaired) electrons. The molecular formula is C37H46ClN3O7S. The van der Waals surface area contributed by atoms with Crippen molar-refractivity contribution < 1.29 is 32.6 Å². The third kappa shape index (κ3) is 6.15. The fraction of sp³-hybridized carbons (Fsp3) is 0.568. The van der Waals surface area contributed by atoms with Crippen LogP contribution in [0, 0.1) is 17.8 Å². The molecule has 264 valence electrons. The van der Waals surface area contributed by atoms with E-state index < -0.39 is 32.9 Å². The quantitative estimate of drug-likeness (QED) is 0.416. The molecule has 2 fully saturated rings. The zero-order chi connectivity index (χ0) is 34.7. The minimum absolute atomic E-state index is 0.00308. The Bertz CT molecular complexity index is 1780. The summed E-state index contributed by atoms with van der Waals surface area (Å²) >= 11 is 6.44. The lowest BCUT2D eigenvalue weighted by Crippen LogP contribution is -2.63. The summed E-state index contributed by atoms with van der Waals surface area (Å²) in [6.45, 7) is 5.70. The van der Waals surface area contributed by atoms with Crippen LogP contribution in [-0.2, 0) is 31.4 Å². The molecule has 5 aliphatic rings.